The first kappa shape index (κ1) is 11.2. The van der Waals surface area contributed by atoms with Gasteiger partial charge in [0.05, 0.1) is 0 Å². The Hall–Kier alpha value is 0.165. The highest BCUT2D eigenvalue weighted by Gasteiger charge is 1.84. The van der Waals surface area contributed by atoms with Crippen LogP contribution in [0.2, 0.25) is 0 Å². The summed E-state index contributed by atoms with van der Waals surface area (Å²) in [7, 11) is -0.750. The first-order valence-corrected chi connectivity index (χ1v) is 4.42. The predicted octanol–water partition coefficient (Wildman–Crippen LogP) is 1.45. The van der Waals surface area contributed by atoms with Crippen molar-refractivity contribution in [3.63, 3.8) is 0 Å². The lowest BCUT2D eigenvalue weighted by molar-refractivity contribution is 0.448. The van der Waals surface area contributed by atoms with Crippen molar-refractivity contribution in [2.24, 2.45) is 0 Å². The molecule has 0 saturated heterocycles. The smallest absolute Gasteiger partial charge is 0.430 e. The van der Waals surface area contributed by atoms with Crippen LogP contribution in [0.25, 0.3) is 0 Å². The molecular formula is C6H7BBr2O2. The van der Waals surface area contributed by atoms with Gasteiger partial charge in [0.25, 0.3) is 0 Å². The molecule has 0 fully saturated rings. The van der Waals surface area contributed by atoms with Gasteiger partial charge >= 0.3 is 7.69 Å². The van der Waals surface area contributed by atoms with E-state index in [-0.39, 0.29) is 0 Å². The van der Waals surface area contributed by atoms with E-state index < -0.39 is 7.69 Å². The summed E-state index contributed by atoms with van der Waals surface area (Å²) in [5.41, 5.74) is 0. The van der Waals surface area contributed by atoms with E-state index >= 15 is 0 Å². The van der Waals surface area contributed by atoms with Gasteiger partial charge < -0.3 is 10.0 Å². The Morgan fingerprint density at radius 3 is 1.64 bits per heavy atom. The van der Waals surface area contributed by atoms with Crippen LogP contribution in [0.4, 0.5) is 0 Å². The highest BCUT2D eigenvalue weighted by Crippen LogP contribution is 2.15. The van der Waals surface area contributed by atoms with E-state index in [2.05, 4.69) is 31.9 Å². The lowest BCUT2D eigenvalue weighted by Gasteiger charge is -1.87. The van der Waals surface area contributed by atoms with E-state index in [4.69, 9.17) is 10.0 Å². The van der Waals surface area contributed by atoms with E-state index in [0.717, 1.165) is 8.95 Å². The van der Waals surface area contributed by atoms with Crippen LogP contribution in [0.3, 0.4) is 0 Å². The number of hydrogen-bond donors (Lipinski definition) is 2. The zero-order valence-electron chi connectivity index (χ0n) is 5.67. The Labute approximate surface area is 82.8 Å². The molecule has 0 unspecified atom stereocenters. The molecule has 0 radical (unpaired) electrons. The molecule has 0 aliphatic carbocycles. The molecule has 5 heteroatoms. The van der Waals surface area contributed by atoms with Crippen LogP contribution in [0.1, 0.15) is 0 Å². The molecule has 2 nitrogen and oxygen atoms in total. The first-order valence-electron chi connectivity index (χ1n) is 2.83. The molecule has 1 rings (SSSR count). The highest BCUT2D eigenvalue weighted by molar-refractivity contribution is 9.11. The SMILES string of the molecule is Brc1cccc(Br)c1.OBO. The van der Waals surface area contributed by atoms with Gasteiger partial charge in [-0.2, -0.15) is 0 Å². The number of halogens is 2. The van der Waals surface area contributed by atoms with Gasteiger partial charge in [-0.3, -0.25) is 0 Å². The average molecular weight is 282 g/mol. The average Bonchev–Trinajstić information content (AvgIpc) is 1.88. The molecule has 0 spiro atoms. The van der Waals surface area contributed by atoms with Crippen molar-refractivity contribution in [2.75, 3.05) is 0 Å². The Morgan fingerprint density at radius 1 is 1.09 bits per heavy atom. The Kier molecular flexibility index (Phi) is 6.95. The summed E-state index contributed by atoms with van der Waals surface area (Å²) in [5, 5.41) is 14.2. The molecule has 0 amide bonds. The van der Waals surface area contributed by atoms with Crippen LogP contribution in [-0.4, -0.2) is 17.7 Å². The van der Waals surface area contributed by atoms with Crippen molar-refractivity contribution in [2.45, 2.75) is 0 Å². The van der Waals surface area contributed by atoms with Crippen LogP contribution < -0.4 is 0 Å². The van der Waals surface area contributed by atoms with Gasteiger partial charge in [-0.15, -0.1) is 0 Å². The summed E-state index contributed by atoms with van der Waals surface area (Å²) in [6.07, 6.45) is 0. The minimum absolute atomic E-state index is 0.750. The van der Waals surface area contributed by atoms with Crippen molar-refractivity contribution < 1.29 is 10.0 Å². The summed E-state index contributed by atoms with van der Waals surface area (Å²) < 4.78 is 2.21. The normalized spacial score (nSPS) is 8.00. The third-order valence-corrected chi connectivity index (χ3v) is 1.77. The fourth-order valence-corrected chi connectivity index (χ4v) is 1.57. The van der Waals surface area contributed by atoms with Crippen molar-refractivity contribution in [3.8, 4) is 0 Å². The second-order valence-corrected chi connectivity index (χ2v) is 3.41. The van der Waals surface area contributed by atoms with Crippen molar-refractivity contribution >= 4 is 39.5 Å². The minimum Gasteiger partial charge on any atom is -0.430 e. The Bertz CT molecular complexity index is 190. The molecule has 0 atom stereocenters. The van der Waals surface area contributed by atoms with Crippen LogP contribution in [0, 0.1) is 0 Å². The first-order chi connectivity index (χ1) is 5.20. The van der Waals surface area contributed by atoms with Gasteiger partial charge in [0.2, 0.25) is 0 Å². The van der Waals surface area contributed by atoms with Crippen LogP contribution in [0.5, 0.6) is 0 Å². The topological polar surface area (TPSA) is 40.5 Å². The van der Waals surface area contributed by atoms with E-state index in [1.807, 2.05) is 24.3 Å². The summed E-state index contributed by atoms with van der Waals surface area (Å²) in [6.45, 7) is 0. The van der Waals surface area contributed by atoms with Crippen LogP contribution >= 0.6 is 31.9 Å². The maximum absolute atomic E-state index is 7.12. The Morgan fingerprint density at radius 2 is 1.45 bits per heavy atom. The molecule has 60 valence electrons. The summed E-state index contributed by atoms with van der Waals surface area (Å²) in [4.78, 5) is 0. The standard InChI is InChI=1S/C6H4Br2.BH3O2/c7-5-2-1-3-6(8)4-5;2-1-3/h1-4H;1-3H. The summed E-state index contributed by atoms with van der Waals surface area (Å²) in [5.74, 6) is 0. The maximum Gasteiger partial charge on any atom is 0.432 e. The Balaban J connectivity index is 0.000000292. The van der Waals surface area contributed by atoms with E-state index in [0.29, 0.717) is 0 Å². The molecular weight excluding hydrogens is 275 g/mol. The van der Waals surface area contributed by atoms with Gasteiger partial charge in [-0.1, -0.05) is 37.9 Å². The molecule has 1 aromatic carbocycles. The fourth-order valence-electron chi connectivity index (χ4n) is 0.460. The zero-order valence-corrected chi connectivity index (χ0v) is 8.84. The quantitative estimate of drug-likeness (QED) is 0.707. The maximum atomic E-state index is 7.12. The number of hydrogen-bond acceptors (Lipinski definition) is 2. The molecule has 0 saturated carbocycles. The number of benzene rings is 1. The largest absolute Gasteiger partial charge is 0.432 e. The number of rotatable bonds is 0. The monoisotopic (exact) mass is 280 g/mol. The van der Waals surface area contributed by atoms with Gasteiger partial charge in [0.1, 0.15) is 0 Å². The fraction of sp³-hybridized carbons (Fsp3) is 0. The van der Waals surface area contributed by atoms with E-state index in [1.165, 1.54) is 0 Å². The van der Waals surface area contributed by atoms with Gasteiger partial charge in [0.15, 0.2) is 0 Å². The molecule has 0 bridgehead atoms. The van der Waals surface area contributed by atoms with E-state index in [1.54, 1.807) is 0 Å². The second-order valence-electron chi connectivity index (χ2n) is 1.58. The minimum atomic E-state index is -0.750. The van der Waals surface area contributed by atoms with Crippen molar-refractivity contribution in [1.29, 1.82) is 0 Å². The van der Waals surface area contributed by atoms with Crippen molar-refractivity contribution in [3.05, 3.63) is 33.2 Å². The van der Waals surface area contributed by atoms with E-state index in [9.17, 15) is 0 Å². The third-order valence-electron chi connectivity index (χ3n) is 0.787. The lowest BCUT2D eigenvalue weighted by atomic mass is 10.4. The lowest BCUT2D eigenvalue weighted by Crippen LogP contribution is -1.75. The van der Waals surface area contributed by atoms with Gasteiger partial charge in [0, 0.05) is 8.95 Å². The third kappa shape index (κ3) is 6.56. The molecule has 2 N–H and O–H groups in total. The van der Waals surface area contributed by atoms with Gasteiger partial charge in [-0.05, 0) is 18.2 Å². The van der Waals surface area contributed by atoms with Gasteiger partial charge in [-0.25, -0.2) is 0 Å². The predicted molar refractivity (Wildman–Crippen MR) is 53.4 cm³/mol. The van der Waals surface area contributed by atoms with Crippen molar-refractivity contribution in [1.82, 2.24) is 0 Å². The molecule has 0 aliphatic rings. The summed E-state index contributed by atoms with van der Waals surface area (Å²) in [6, 6.07) is 7.96. The van der Waals surface area contributed by atoms with Crippen LogP contribution in [-0.2, 0) is 0 Å². The highest BCUT2D eigenvalue weighted by atomic mass is 79.9. The zero-order chi connectivity index (χ0) is 8.69. The molecule has 0 aliphatic heterocycles. The molecule has 11 heavy (non-hydrogen) atoms. The summed E-state index contributed by atoms with van der Waals surface area (Å²) >= 11 is 6.66. The molecule has 1 aromatic rings. The second kappa shape index (κ2) is 6.85. The van der Waals surface area contributed by atoms with Crippen LogP contribution in [0.15, 0.2) is 33.2 Å². The molecule has 0 heterocycles. The molecule has 0 aromatic heterocycles.